The minimum atomic E-state index is -0.245. The largest absolute Gasteiger partial charge is 0.368 e. The standard InChI is InChI=1S/C19H18N2O/c20-19(22)18-7-4-14-21(18)17-12-10-16(11-13-17)9-8-15-5-2-1-3-6-15/h1-3,5-6,10-13,18H,4,7,14H2,(H2,20,22). The van der Waals surface area contributed by atoms with Gasteiger partial charge in [0.25, 0.3) is 0 Å². The highest BCUT2D eigenvalue weighted by Crippen LogP contribution is 2.25. The van der Waals surface area contributed by atoms with Crippen molar-refractivity contribution in [3.8, 4) is 11.8 Å². The van der Waals surface area contributed by atoms with Gasteiger partial charge in [-0.1, -0.05) is 30.0 Å². The third kappa shape index (κ3) is 3.12. The van der Waals surface area contributed by atoms with E-state index in [0.717, 1.165) is 36.2 Å². The molecule has 2 aromatic carbocycles. The molecule has 0 bridgehead atoms. The molecule has 3 rings (SSSR count). The number of primary amides is 1. The zero-order valence-corrected chi connectivity index (χ0v) is 12.3. The summed E-state index contributed by atoms with van der Waals surface area (Å²) in [5, 5.41) is 0. The van der Waals surface area contributed by atoms with Gasteiger partial charge in [0.15, 0.2) is 0 Å². The Balaban J connectivity index is 1.76. The molecule has 0 radical (unpaired) electrons. The van der Waals surface area contributed by atoms with Crippen LogP contribution in [0.1, 0.15) is 24.0 Å². The van der Waals surface area contributed by atoms with E-state index >= 15 is 0 Å². The summed E-state index contributed by atoms with van der Waals surface area (Å²) < 4.78 is 0. The van der Waals surface area contributed by atoms with E-state index in [2.05, 4.69) is 16.7 Å². The Hall–Kier alpha value is -2.73. The van der Waals surface area contributed by atoms with Crippen LogP contribution in [-0.4, -0.2) is 18.5 Å². The van der Waals surface area contributed by atoms with Crippen molar-refractivity contribution in [1.29, 1.82) is 0 Å². The van der Waals surface area contributed by atoms with Gasteiger partial charge in [0, 0.05) is 23.4 Å². The number of carbonyl (C=O) groups is 1. The first-order chi connectivity index (χ1) is 10.7. The van der Waals surface area contributed by atoms with E-state index in [9.17, 15) is 4.79 Å². The number of nitrogens with zero attached hydrogens (tertiary/aromatic N) is 1. The molecule has 3 nitrogen and oxygen atoms in total. The van der Waals surface area contributed by atoms with E-state index in [0.29, 0.717) is 0 Å². The molecule has 3 heteroatoms. The van der Waals surface area contributed by atoms with Crippen molar-refractivity contribution in [3.05, 3.63) is 65.7 Å². The normalized spacial score (nSPS) is 16.9. The number of nitrogens with two attached hydrogens (primary N) is 1. The molecular weight excluding hydrogens is 272 g/mol. The van der Waals surface area contributed by atoms with Gasteiger partial charge in [-0.2, -0.15) is 0 Å². The van der Waals surface area contributed by atoms with Crippen molar-refractivity contribution in [1.82, 2.24) is 0 Å². The van der Waals surface area contributed by atoms with Gasteiger partial charge in [0.1, 0.15) is 6.04 Å². The molecule has 1 unspecified atom stereocenters. The fourth-order valence-corrected chi connectivity index (χ4v) is 2.77. The summed E-state index contributed by atoms with van der Waals surface area (Å²) in [6.45, 7) is 0.878. The molecule has 0 aliphatic carbocycles. The van der Waals surface area contributed by atoms with Crippen LogP contribution in [0.4, 0.5) is 5.69 Å². The lowest BCUT2D eigenvalue weighted by atomic mass is 10.1. The number of benzene rings is 2. The number of rotatable bonds is 2. The molecule has 1 atom stereocenters. The van der Waals surface area contributed by atoms with Gasteiger partial charge in [-0.05, 0) is 49.2 Å². The summed E-state index contributed by atoms with van der Waals surface area (Å²) in [6.07, 6.45) is 1.84. The number of hydrogen-bond acceptors (Lipinski definition) is 2. The Morgan fingerprint density at radius 2 is 1.64 bits per heavy atom. The highest BCUT2D eigenvalue weighted by Gasteiger charge is 2.28. The predicted octanol–water partition coefficient (Wildman–Crippen LogP) is 2.54. The molecule has 110 valence electrons. The lowest BCUT2D eigenvalue weighted by Crippen LogP contribution is -2.40. The Labute approximate surface area is 130 Å². The van der Waals surface area contributed by atoms with Crippen molar-refractivity contribution < 1.29 is 4.79 Å². The maximum atomic E-state index is 11.5. The van der Waals surface area contributed by atoms with Crippen LogP contribution in [0, 0.1) is 11.8 Å². The molecular formula is C19H18N2O. The molecule has 1 heterocycles. The molecule has 2 N–H and O–H groups in total. The number of anilines is 1. The van der Waals surface area contributed by atoms with Gasteiger partial charge in [-0.15, -0.1) is 0 Å². The second-order valence-corrected chi connectivity index (χ2v) is 5.42. The Bertz CT molecular complexity index is 711. The van der Waals surface area contributed by atoms with Crippen LogP contribution in [0.2, 0.25) is 0 Å². The van der Waals surface area contributed by atoms with E-state index in [1.54, 1.807) is 0 Å². The van der Waals surface area contributed by atoms with Gasteiger partial charge in [-0.25, -0.2) is 0 Å². The average Bonchev–Trinajstić information content (AvgIpc) is 3.04. The monoisotopic (exact) mass is 290 g/mol. The van der Waals surface area contributed by atoms with Crippen molar-refractivity contribution in [3.63, 3.8) is 0 Å². The molecule has 22 heavy (non-hydrogen) atoms. The predicted molar refractivity (Wildman–Crippen MR) is 88.4 cm³/mol. The van der Waals surface area contributed by atoms with Crippen LogP contribution >= 0.6 is 0 Å². The number of carbonyl (C=O) groups excluding carboxylic acids is 1. The summed E-state index contributed by atoms with van der Waals surface area (Å²) in [5.74, 6) is 6.05. The van der Waals surface area contributed by atoms with Crippen LogP contribution in [0.5, 0.6) is 0 Å². The van der Waals surface area contributed by atoms with Gasteiger partial charge in [0.05, 0.1) is 0 Å². The maximum Gasteiger partial charge on any atom is 0.240 e. The fourth-order valence-electron chi connectivity index (χ4n) is 2.77. The first-order valence-electron chi connectivity index (χ1n) is 7.47. The van der Waals surface area contributed by atoms with Crippen LogP contribution in [0.3, 0.4) is 0 Å². The number of hydrogen-bond donors (Lipinski definition) is 1. The third-order valence-corrected chi connectivity index (χ3v) is 3.91. The average molecular weight is 290 g/mol. The van der Waals surface area contributed by atoms with Crippen molar-refractivity contribution in [2.45, 2.75) is 18.9 Å². The Morgan fingerprint density at radius 3 is 2.27 bits per heavy atom. The van der Waals surface area contributed by atoms with Crippen LogP contribution in [-0.2, 0) is 4.79 Å². The molecule has 0 saturated carbocycles. The molecule has 0 spiro atoms. The zero-order chi connectivity index (χ0) is 15.4. The van der Waals surface area contributed by atoms with Crippen LogP contribution in [0.15, 0.2) is 54.6 Å². The minimum absolute atomic E-state index is 0.179. The second kappa shape index (κ2) is 6.36. The van der Waals surface area contributed by atoms with E-state index in [1.165, 1.54) is 0 Å². The topological polar surface area (TPSA) is 46.3 Å². The highest BCUT2D eigenvalue weighted by atomic mass is 16.1. The van der Waals surface area contributed by atoms with Crippen molar-refractivity contribution in [2.24, 2.45) is 5.73 Å². The van der Waals surface area contributed by atoms with Crippen molar-refractivity contribution >= 4 is 11.6 Å². The summed E-state index contributed by atoms with van der Waals surface area (Å²) in [7, 11) is 0. The summed E-state index contributed by atoms with van der Waals surface area (Å²) in [5.41, 5.74) is 8.46. The van der Waals surface area contributed by atoms with E-state index in [-0.39, 0.29) is 11.9 Å². The van der Waals surface area contributed by atoms with Gasteiger partial charge in [0.2, 0.25) is 5.91 Å². The lowest BCUT2D eigenvalue weighted by Gasteiger charge is -2.24. The molecule has 1 amide bonds. The SMILES string of the molecule is NC(=O)C1CCCN1c1ccc(C#Cc2ccccc2)cc1. The highest BCUT2D eigenvalue weighted by molar-refractivity contribution is 5.84. The van der Waals surface area contributed by atoms with Crippen molar-refractivity contribution in [2.75, 3.05) is 11.4 Å². The van der Waals surface area contributed by atoms with E-state index < -0.39 is 0 Å². The second-order valence-electron chi connectivity index (χ2n) is 5.42. The smallest absolute Gasteiger partial charge is 0.240 e. The van der Waals surface area contributed by atoms with Gasteiger partial charge < -0.3 is 10.6 Å². The van der Waals surface area contributed by atoms with E-state index in [4.69, 9.17) is 5.73 Å². The summed E-state index contributed by atoms with van der Waals surface area (Å²) >= 11 is 0. The molecule has 1 fully saturated rings. The molecule has 1 aliphatic rings. The quantitative estimate of drug-likeness (QED) is 0.864. The Morgan fingerprint density at radius 1 is 1.00 bits per heavy atom. The third-order valence-electron chi connectivity index (χ3n) is 3.91. The molecule has 1 saturated heterocycles. The zero-order valence-electron chi connectivity index (χ0n) is 12.3. The fraction of sp³-hybridized carbons (Fsp3) is 0.211. The van der Waals surface area contributed by atoms with E-state index in [1.807, 2.05) is 54.6 Å². The lowest BCUT2D eigenvalue weighted by molar-refractivity contribution is -0.119. The number of amides is 1. The molecule has 1 aliphatic heterocycles. The summed E-state index contributed by atoms with van der Waals surface area (Å²) in [6, 6.07) is 17.7. The van der Waals surface area contributed by atoms with Gasteiger partial charge in [-0.3, -0.25) is 4.79 Å². The minimum Gasteiger partial charge on any atom is -0.368 e. The molecule has 2 aromatic rings. The van der Waals surface area contributed by atoms with Crippen LogP contribution in [0.25, 0.3) is 0 Å². The maximum absolute atomic E-state index is 11.5. The first kappa shape index (κ1) is 14.2. The van der Waals surface area contributed by atoms with Gasteiger partial charge >= 0.3 is 0 Å². The van der Waals surface area contributed by atoms with Crippen LogP contribution < -0.4 is 10.6 Å². The Kier molecular flexibility index (Phi) is 4.11. The molecule has 0 aromatic heterocycles. The first-order valence-corrected chi connectivity index (χ1v) is 7.47. The summed E-state index contributed by atoms with van der Waals surface area (Å²) in [4.78, 5) is 13.5.